The van der Waals surface area contributed by atoms with Crippen LogP contribution in [0.4, 0.5) is 0 Å². The summed E-state index contributed by atoms with van der Waals surface area (Å²) in [6.45, 7) is 4.18. The lowest BCUT2D eigenvalue weighted by molar-refractivity contribution is 0.333. The molecule has 114 valence electrons. The summed E-state index contributed by atoms with van der Waals surface area (Å²) in [5, 5.41) is 7.66. The van der Waals surface area contributed by atoms with Gasteiger partial charge in [0.2, 0.25) is 0 Å². The average Bonchev–Trinajstić information content (AvgIpc) is 2.84. The Hall–Kier alpha value is -0.920. The second-order valence-electron chi connectivity index (χ2n) is 4.57. The van der Waals surface area contributed by atoms with Crippen molar-refractivity contribution < 1.29 is 4.74 Å². The van der Waals surface area contributed by atoms with Crippen molar-refractivity contribution in [1.82, 2.24) is 20.1 Å². The highest BCUT2D eigenvalue weighted by Crippen LogP contribution is 2.32. The fourth-order valence-electron chi connectivity index (χ4n) is 1.97. The van der Waals surface area contributed by atoms with Gasteiger partial charge >= 0.3 is 0 Å². The third-order valence-electron chi connectivity index (χ3n) is 2.86. The summed E-state index contributed by atoms with van der Waals surface area (Å²) in [6.07, 6.45) is 2.52. The Morgan fingerprint density at radius 2 is 2.14 bits per heavy atom. The van der Waals surface area contributed by atoms with Crippen LogP contribution < -0.4 is 10.1 Å². The number of rotatable bonds is 7. The Labute approximate surface area is 141 Å². The fourth-order valence-corrected chi connectivity index (χ4v) is 3.40. The third kappa shape index (κ3) is 4.79. The molecule has 1 aromatic heterocycles. The van der Waals surface area contributed by atoms with E-state index in [1.54, 1.807) is 11.0 Å². The molecule has 0 saturated carbocycles. The second-order valence-corrected chi connectivity index (χ2v) is 6.34. The van der Waals surface area contributed by atoms with Gasteiger partial charge < -0.3 is 10.1 Å². The average molecular weight is 418 g/mol. The van der Waals surface area contributed by atoms with E-state index in [-0.39, 0.29) is 0 Å². The van der Waals surface area contributed by atoms with E-state index in [0.29, 0.717) is 6.61 Å². The van der Waals surface area contributed by atoms with Gasteiger partial charge in [-0.1, -0.05) is 15.9 Å². The van der Waals surface area contributed by atoms with E-state index in [2.05, 4.69) is 53.3 Å². The normalized spacial score (nSPS) is 10.9. The van der Waals surface area contributed by atoms with Crippen molar-refractivity contribution >= 4 is 31.9 Å². The van der Waals surface area contributed by atoms with Gasteiger partial charge in [0.15, 0.2) is 5.82 Å². The first-order valence-corrected chi connectivity index (χ1v) is 8.34. The molecule has 0 amide bonds. The smallest absolute Gasteiger partial charge is 0.151 e. The van der Waals surface area contributed by atoms with Crippen LogP contribution >= 0.6 is 31.9 Å². The standard InChI is InChI=1S/C14H18Br2N4O/c1-3-21-14-10(6-11(15)7-12(14)16)8-17-5-4-13-18-9-20(2)19-13/h6-7,9,17H,3-5,8H2,1-2H3. The molecule has 1 aromatic carbocycles. The van der Waals surface area contributed by atoms with Gasteiger partial charge in [0.25, 0.3) is 0 Å². The zero-order valence-corrected chi connectivity index (χ0v) is 15.2. The number of benzene rings is 1. The molecule has 0 saturated heterocycles. The molecule has 21 heavy (non-hydrogen) atoms. The molecule has 0 unspecified atom stereocenters. The molecular formula is C14H18Br2N4O. The minimum atomic E-state index is 0.644. The van der Waals surface area contributed by atoms with Crippen molar-refractivity contribution in [3.05, 3.63) is 38.8 Å². The van der Waals surface area contributed by atoms with Crippen molar-refractivity contribution in [2.45, 2.75) is 19.9 Å². The van der Waals surface area contributed by atoms with Crippen molar-refractivity contribution in [3.8, 4) is 5.75 Å². The number of hydrogen-bond acceptors (Lipinski definition) is 4. The van der Waals surface area contributed by atoms with E-state index in [4.69, 9.17) is 4.74 Å². The summed E-state index contributed by atoms with van der Waals surface area (Å²) < 4.78 is 9.41. The summed E-state index contributed by atoms with van der Waals surface area (Å²) in [4.78, 5) is 4.21. The Balaban J connectivity index is 1.92. The minimum absolute atomic E-state index is 0.644. The molecule has 1 heterocycles. The summed E-state index contributed by atoms with van der Waals surface area (Å²) in [5.41, 5.74) is 1.12. The molecular weight excluding hydrogens is 400 g/mol. The van der Waals surface area contributed by atoms with E-state index in [9.17, 15) is 0 Å². The first kappa shape index (κ1) is 16.5. The third-order valence-corrected chi connectivity index (χ3v) is 3.91. The van der Waals surface area contributed by atoms with Crippen LogP contribution in [-0.2, 0) is 20.0 Å². The van der Waals surface area contributed by atoms with Gasteiger partial charge in [-0.2, -0.15) is 5.10 Å². The lowest BCUT2D eigenvalue weighted by atomic mass is 10.2. The van der Waals surface area contributed by atoms with Crippen LogP contribution in [0.5, 0.6) is 5.75 Å². The molecule has 0 radical (unpaired) electrons. The Morgan fingerprint density at radius 3 is 2.81 bits per heavy atom. The van der Waals surface area contributed by atoms with E-state index < -0.39 is 0 Å². The molecule has 0 atom stereocenters. The SMILES string of the molecule is CCOc1c(Br)cc(Br)cc1CNCCc1ncn(C)n1. The van der Waals surface area contributed by atoms with Gasteiger partial charge in [0, 0.05) is 36.6 Å². The number of aromatic nitrogens is 3. The second kappa shape index (κ2) is 7.91. The van der Waals surface area contributed by atoms with Crippen molar-refractivity contribution in [3.63, 3.8) is 0 Å². The van der Waals surface area contributed by atoms with Gasteiger partial charge in [0.1, 0.15) is 12.1 Å². The van der Waals surface area contributed by atoms with Crippen LogP contribution in [0.15, 0.2) is 27.4 Å². The summed E-state index contributed by atoms with van der Waals surface area (Å²) in [5.74, 6) is 1.75. The lowest BCUT2D eigenvalue weighted by Gasteiger charge is -2.13. The number of hydrogen-bond donors (Lipinski definition) is 1. The molecule has 0 aliphatic heterocycles. The molecule has 2 rings (SSSR count). The van der Waals surface area contributed by atoms with E-state index >= 15 is 0 Å². The molecule has 5 nitrogen and oxygen atoms in total. The molecule has 0 spiro atoms. The summed E-state index contributed by atoms with van der Waals surface area (Å²) >= 11 is 7.05. The molecule has 1 N–H and O–H groups in total. The molecule has 0 fully saturated rings. The zero-order valence-electron chi connectivity index (χ0n) is 12.1. The van der Waals surface area contributed by atoms with Crippen LogP contribution in [0.2, 0.25) is 0 Å². The first-order chi connectivity index (χ1) is 10.1. The highest BCUT2D eigenvalue weighted by molar-refractivity contribution is 9.11. The van der Waals surface area contributed by atoms with E-state index in [0.717, 1.165) is 45.6 Å². The fraction of sp³-hybridized carbons (Fsp3) is 0.429. The van der Waals surface area contributed by atoms with Crippen LogP contribution in [0.25, 0.3) is 0 Å². The number of nitrogens with one attached hydrogen (secondary N) is 1. The van der Waals surface area contributed by atoms with E-state index in [1.807, 2.05) is 20.0 Å². The highest BCUT2D eigenvalue weighted by atomic mass is 79.9. The topological polar surface area (TPSA) is 52.0 Å². The van der Waals surface area contributed by atoms with Gasteiger partial charge in [-0.05, 0) is 35.0 Å². The molecule has 0 aliphatic rings. The quantitative estimate of drug-likeness (QED) is 0.703. The van der Waals surface area contributed by atoms with Crippen LogP contribution in [0.3, 0.4) is 0 Å². The molecule has 0 aliphatic carbocycles. The largest absolute Gasteiger partial charge is 0.492 e. The number of aryl methyl sites for hydroxylation is 1. The molecule has 7 heteroatoms. The zero-order chi connectivity index (χ0) is 15.2. The summed E-state index contributed by atoms with van der Waals surface area (Å²) in [6, 6.07) is 4.06. The Kier molecular flexibility index (Phi) is 6.20. The van der Waals surface area contributed by atoms with Crippen LogP contribution in [0.1, 0.15) is 18.3 Å². The lowest BCUT2D eigenvalue weighted by Crippen LogP contribution is -2.18. The van der Waals surface area contributed by atoms with Gasteiger partial charge in [-0.25, -0.2) is 4.98 Å². The monoisotopic (exact) mass is 416 g/mol. The maximum atomic E-state index is 5.71. The Bertz CT molecular complexity index is 601. The predicted octanol–water partition coefficient (Wildman–Crippen LogP) is 3.07. The minimum Gasteiger partial charge on any atom is -0.492 e. The molecule has 0 bridgehead atoms. The summed E-state index contributed by atoms with van der Waals surface area (Å²) in [7, 11) is 1.87. The maximum absolute atomic E-state index is 5.71. The highest BCUT2D eigenvalue weighted by Gasteiger charge is 2.09. The first-order valence-electron chi connectivity index (χ1n) is 6.76. The van der Waals surface area contributed by atoms with Gasteiger partial charge in [0.05, 0.1) is 11.1 Å². The van der Waals surface area contributed by atoms with Crippen LogP contribution in [-0.4, -0.2) is 27.9 Å². The maximum Gasteiger partial charge on any atom is 0.151 e. The van der Waals surface area contributed by atoms with Gasteiger partial charge in [-0.3, -0.25) is 4.68 Å². The van der Waals surface area contributed by atoms with Gasteiger partial charge in [-0.15, -0.1) is 0 Å². The van der Waals surface area contributed by atoms with E-state index in [1.165, 1.54) is 0 Å². The van der Waals surface area contributed by atoms with Crippen molar-refractivity contribution in [2.24, 2.45) is 7.05 Å². The Morgan fingerprint density at radius 1 is 1.33 bits per heavy atom. The number of halogens is 2. The van der Waals surface area contributed by atoms with Crippen molar-refractivity contribution in [2.75, 3.05) is 13.2 Å². The van der Waals surface area contributed by atoms with Crippen molar-refractivity contribution in [1.29, 1.82) is 0 Å². The molecule has 2 aromatic rings. The predicted molar refractivity (Wildman–Crippen MR) is 89.4 cm³/mol. The van der Waals surface area contributed by atoms with Crippen LogP contribution in [0, 0.1) is 0 Å². The number of nitrogens with zero attached hydrogens (tertiary/aromatic N) is 3. The number of ether oxygens (including phenoxy) is 1.